The fourth-order valence-electron chi connectivity index (χ4n) is 6.55. The minimum Gasteiger partial charge on any atom is -0.506 e. The van der Waals surface area contributed by atoms with Gasteiger partial charge in [0.2, 0.25) is 5.88 Å². The Hall–Kier alpha value is -5.94. The highest BCUT2D eigenvalue weighted by Crippen LogP contribution is 2.39. The van der Waals surface area contributed by atoms with Gasteiger partial charge in [-0.1, -0.05) is 106 Å². The summed E-state index contributed by atoms with van der Waals surface area (Å²) >= 11 is 0. The van der Waals surface area contributed by atoms with Crippen molar-refractivity contribution in [1.82, 2.24) is 14.5 Å². The smallest absolute Gasteiger partial charge is 0.219 e. The normalized spacial score (nSPS) is 11.8. The fraction of sp³-hybridized carbons (Fsp3) is 0.0952. The second-order valence-corrected chi connectivity index (χ2v) is 12.9. The number of aromatic nitrogens is 3. The summed E-state index contributed by atoms with van der Waals surface area (Å²) < 4.78 is 8.58. The van der Waals surface area contributed by atoms with Gasteiger partial charge >= 0.3 is 0 Å². The van der Waals surface area contributed by atoms with Crippen molar-refractivity contribution in [2.24, 2.45) is 0 Å². The Kier molecular flexibility index (Phi) is 6.76. The zero-order valence-electron chi connectivity index (χ0n) is 26.5. The maximum Gasteiger partial charge on any atom is 0.219 e. The maximum atomic E-state index is 10.7. The first-order valence-electron chi connectivity index (χ1n) is 15.8. The highest BCUT2D eigenvalue weighted by molar-refractivity contribution is 6.09. The molecule has 0 saturated carbocycles. The molecule has 0 atom stereocenters. The molecule has 47 heavy (non-hydrogen) atoms. The molecule has 0 spiro atoms. The molecule has 8 rings (SSSR count). The Bertz CT molecular complexity index is 2420. The fourth-order valence-corrected chi connectivity index (χ4v) is 6.55. The molecule has 0 aliphatic heterocycles. The number of nitrogens with zero attached hydrogens (tertiary/aromatic N) is 3. The van der Waals surface area contributed by atoms with E-state index in [0.717, 1.165) is 60.8 Å². The number of para-hydroxylation sites is 1. The van der Waals surface area contributed by atoms with Crippen molar-refractivity contribution in [3.8, 4) is 45.5 Å². The molecule has 3 aromatic heterocycles. The molecule has 5 aromatic carbocycles. The predicted molar refractivity (Wildman–Crippen MR) is 192 cm³/mol. The highest BCUT2D eigenvalue weighted by Gasteiger charge is 2.20. The number of ether oxygens (including phenoxy) is 1. The van der Waals surface area contributed by atoms with Gasteiger partial charge in [0, 0.05) is 40.1 Å². The van der Waals surface area contributed by atoms with Crippen LogP contribution < -0.4 is 4.74 Å². The third kappa shape index (κ3) is 5.06. The van der Waals surface area contributed by atoms with E-state index in [9.17, 15) is 5.11 Å². The first-order chi connectivity index (χ1) is 22.8. The van der Waals surface area contributed by atoms with E-state index >= 15 is 0 Å². The van der Waals surface area contributed by atoms with Gasteiger partial charge in [0.25, 0.3) is 0 Å². The minimum atomic E-state index is -0.0951. The van der Waals surface area contributed by atoms with Crippen LogP contribution in [0.25, 0.3) is 60.8 Å². The molecule has 3 heterocycles. The molecule has 8 aromatic rings. The molecular formula is C42H33N3O2. The summed E-state index contributed by atoms with van der Waals surface area (Å²) in [4.78, 5) is 9.79. The van der Waals surface area contributed by atoms with E-state index in [1.165, 1.54) is 0 Å². The van der Waals surface area contributed by atoms with Gasteiger partial charge in [0.1, 0.15) is 22.8 Å². The lowest BCUT2D eigenvalue weighted by atomic mass is 9.84. The van der Waals surface area contributed by atoms with Crippen molar-refractivity contribution in [3.05, 3.63) is 145 Å². The number of pyridine rings is 2. The summed E-state index contributed by atoms with van der Waals surface area (Å²) in [5, 5.41) is 13.9. The number of phenolic OH excluding ortho intramolecular Hbond substituents is 1. The van der Waals surface area contributed by atoms with Gasteiger partial charge in [0.15, 0.2) is 0 Å². The van der Waals surface area contributed by atoms with Crippen LogP contribution in [0.4, 0.5) is 0 Å². The number of phenols is 1. The minimum absolute atomic E-state index is 0.0951. The zero-order valence-corrected chi connectivity index (χ0v) is 26.5. The number of hydrogen-bond acceptors (Lipinski definition) is 4. The van der Waals surface area contributed by atoms with Gasteiger partial charge in [-0.3, -0.25) is 4.57 Å². The lowest BCUT2D eigenvalue weighted by Gasteiger charge is -2.21. The number of fused-ring (bicyclic) bond motifs is 4. The number of aromatic hydroxyl groups is 1. The van der Waals surface area contributed by atoms with Crippen LogP contribution in [0.3, 0.4) is 0 Å². The SMILES string of the molecule is CC(C)(C)c1ccc(O)c2nc(Oc3ccc4c5ccccc5n(-c5cc(-c6ccccc6)c(-c6ccccc6)cn5)c4c3)ccc12. The van der Waals surface area contributed by atoms with Crippen molar-refractivity contribution < 1.29 is 9.84 Å². The summed E-state index contributed by atoms with van der Waals surface area (Å²) in [6.07, 6.45) is 1.98. The molecule has 0 fully saturated rings. The van der Waals surface area contributed by atoms with E-state index in [4.69, 9.17) is 14.7 Å². The monoisotopic (exact) mass is 611 g/mol. The molecule has 0 amide bonds. The first-order valence-corrected chi connectivity index (χ1v) is 15.8. The average molecular weight is 612 g/mol. The molecule has 0 aliphatic carbocycles. The van der Waals surface area contributed by atoms with Gasteiger partial charge in [-0.15, -0.1) is 0 Å². The molecule has 5 heteroatoms. The summed E-state index contributed by atoms with van der Waals surface area (Å²) in [7, 11) is 0. The molecular weight excluding hydrogens is 578 g/mol. The van der Waals surface area contributed by atoms with Gasteiger partial charge < -0.3 is 9.84 Å². The van der Waals surface area contributed by atoms with Gasteiger partial charge in [-0.25, -0.2) is 9.97 Å². The number of rotatable bonds is 5. The molecule has 0 radical (unpaired) electrons. The standard InChI is InChI=1S/C42H33N3O2/c1-42(2,3)35-21-22-38(46)41-32(35)20-23-40(44-41)47-29-18-19-31-30-16-10-11-17-36(30)45(37(31)24-29)39-25-33(27-12-6-4-7-13-27)34(26-43-39)28-14-8-5-9-15-28/h4-26,46H,1-3H3. The second-order valence-electron chi connectivity index (χ2n) is 12.9. The molecule has 5 nitrogen and oxygen atoms in total. The van der Waals surface area contributed by atoms with Crippen LogP contribution in [0, 0.1) is 0 Å². The third-order valence-electron chi connectivity index (χ3n) is 8.77. The lowest BCUT2D eigenvalue weighted by Crippen LogP contribution is -2.11. The Morgan fingerprint density at radius 2 is 1.28 bits per heavy atom. The Morgan fingerprint density at radius 1 is 0.617 bits per heavy atom. The zero-order chi connectivity index (χ0) is 32.1. The van der Waals surface area contributed by atoms with Crippen LogP contribution in [0.1, 0.15) is 26.3 Å². The largest absolute Gasteiger partial charge is 0.506 e. The molecule has 0 aliphatic rings. The van der Waals surface area contributed by atoms with E-state index < -0.39 is 0 Å². The Labute approximate surface area is 273 Å². The van der Waals surface area contributed by atoms with Gasteiger partial charge in [-0.2, -0.15) is 0 Å². The van der Waals surface area contributed by atoms with Crippen molar-refractivity contribution in [3.63, 3.8) is 0 Å². The molecule has 1 N–H and O–H groups in total. The quantitative estimate of drug-likeness (QED) is 0.210. The van der Waals surface area contributed by atoms with Crippen LogP contribution >= 0.6 is 0 Å². The molecule has 0 unspecified atom stereocenters. The average Bonchev–Trinajstić information content (AvgIpc) is 3.42. The van der Waals surface area contributed by atoms with E-state index in [1.54, 1.807) is 6.07 Å². The summed E-state index contributed by atoms with van der Waals surface area (Å²) in [5.41, 5.74) is 8.01. The molecule has 228 valence electrons. The van der Waals surface area contributed by atoms with Gasteiger partial charge in [0.05, 0.1) is 11.0 Å². The van der Waals surface area contributed by atoms with Crippen LogP contribution in [0.2, 0.25) is 0 Å². The summed E-state index contributed by atoms with van der Waals surface area (Å²) in [6.45, 7) is 6.47. The lowest BCUT2D eigenvalue weighted by molar-refractivity contribution is 0.460. The first kappa shape index (κ1) is 28.5. The summed E-state index contributed by atoms with van der Waals surface area (Å²) in [5.74, 6) is 2.00. The van der Waals surface area contributed by atoms with Crippen LogP contribution in [0.15, 0.2) is 140 Å². The molecule has 0 saturated heterocycles. The van der Waals surface area contributed by atoms with Crippen LogP contribution in [-0.2, 0) is 5.41 Å². The Morgan fingerprint density at radius 3 is 2.02 bits per heavy atom. The Balaban J connectivity index is 1.28. The van der Waals surface area contributed by atoms with E-state index in [2.05, 4.69) is 110 Å². The number of benzene rings is 5. The summed E-state index contributed by atoms with van der Waals surface area (Å²) in [6, 6.07) is 45.1. The van der Waals surface area contributed by atoms with E-state index in [1.807, 2.05) is 48.7 Å². The van der Waals surface area contributed by atoms with E-state index in [0.29, 0.717) is 17.1 Å². The third-order valence-corrected chi connectivity index (χ3v) is 8.77. The van der Waals surface area contributed by atoms with Crippen LogP contribution in [0.5, 0.6) is 17.4 Å². The van der Waals surface area contributed by atoms with Crippen molar-refractivity contribution >= 4 is 32.7 Å². The predicted octanol–water partition coefficient (Wildman–Crippen LogP) is 10.9. The second kappa shape index (κ2) is 11.1. The van der Waals surface area contributed by atoms with Crippen LogP contribution in [-0.4, -0.2) is 19.6 Å². The maximum absolute atomic E-state index is 10.7. The van der Waals surface area contributed by atoms with Crippen molar-refractivity contribution in [1.29, 1.82) is 0 Å². The van der Waals surface area contributed by atoms with Crippen molar-refractivity contribution in [2.75, 3.05) is 0 Å². The molecule has 0 bridgehead atoms. The highest BCUT2D eigenvalue weighted by atomic mass is 16.5. The van der Waals surface area contributed by atoms with E-state index in [-0.39, 0.29) is 11.2 Å². The van der Waals surface area contributed by atoms with Gasteiger partial charge in [-0.05, 0) is 64.1 Å². The topological polar surface area (TPSA) is 60.2 Å². The number of hydrogen-bond donors (Lipinski definition) is 1. The van der Waals surface area contributed by atoms with Crippen molar-refractivity contribution in [2.45, 2.75) is 26.2 Å².